The lowest BCUT2D eigenvalue weighted by atomic mass is 9.98. The van der Waals surface area contributed by atoms with Crippen LogP contribution in [0.15, 0.2) is 16.7 Å². The highest BCUT2D eigenvalue weighted by Crippen LogP contribution is 2.32. The Hall–Kier alpha value is -1.30. The Morgan fingerprint density at radius 2 is 2.11 bits per heavy atom. The van der Waals surface area contributed by atoms with Crippen LogP contribution in [0.3, 0.4) is 0 Å². The molecule has 18 heavy (non-hydrogen) atoms. The summed E-state index contributed by atoms with van der Waals surface area (Å²) < 4.78 is 0.813. The number of rotatable bonds is 1. The number of nitrogen functional groups attached to an aromatic ring is 1. The molecule has 1 amide bonds. The Bertz CT molecular complexity index is 489. The monoisotopic (exact) mass is 312 g/mol. The molecule has 0 unspecified atom stereocenters. The van der Waals surface area contributed by atoms with Gasteiger partial charge in [0, 0.05) is 20.1 Å². The Morgan fingerprint density at radius 3 is 2.72 bits per heavy atom. The van der Waals surface area contributed by atoms with E-state index < -0.39 is 5.54 Å². The van der Waals surface area contributed by atoms with Gasteiger partial charge in [-0.25, -0.2) is 4.98 Å². The van der Waals surface area contributed by atoms with Crippen molar-refractivity contribution in [3.63, 3.8) is 0 Å². The van der Waals surface area contributed by atoms with Crippen LogP contribution in [0.4, 0.5) is 11.5 Å². The molecule has 2 rings (SSSR count). The van der Waals surface area contributed by atoms with Crippen molar-refractivity contribution in [2.45, 2.75) is 19.4 Å². The third-order valence-electron chi connectivity index (χ3n) is 3.30. The molecule has 1 aliphatic rings. The second-order valence-corrected chi connectivity index (χ2v) is 5.87. The van der Waals surface area contributed by atoms with E-state index in [1.165, 1.54) is 0 Å². The average molecular weight is 313 g/mol. The topological polar surface area (TPSA) is 62.5 Å². The lowest BCUT2D eigenvalue weighted by molar-refractivity contribution is -0.136. The largest absolute Gasteiger partial charge is 0.397 e. The first kappa shape index (κ1) is 13.1. The highest BCUT2D eigenvalue weighted by atomic mass is 79.9. The molecule has 2 N–H and O–H groups in total. The molecule has 0 atom stereocenters. The molecule has 1 fully saturated rings. The van der Waals surface area contributed by atoms with Gasteiger partial charge in [-0.2, -0.15) is 0 Å². The average Bonchev–Trinajstić information content (AvgIpc) is 2.28. The predicted molar refractivity (Wildman–Crippen MR) is 75.4 cm³/mol. The summed E-state index contributed by atoms with van der Waals surface area (Å²) in [7, 11) is 1.83. The van der Waals surface area contributed by atoms with Crippen LogP contribution in [0.5, 0.6) is 0 Å². The second-order valence-electron chi connectivity index (χ2n) is 5.01. The van der Waals surface area contributed by atoms with E-state index >= 15 is 0 Å². The van der Waals surface area contributed by atoms with E-state index in [4.69, 9.17) is 5.73 Å². The molecular formula is C12H17BrN4O. The highest BCUT2D eigenvalue weighted by molar-refractivity contribution is 9.10. The first-order chi connectivity index (χ1) is 8.34. The number of anilines is 2. The van der Waals surface area contributed by atoms with Crippen LogP contribution in [-0.2, 0) is 4.79 Å². The van der Waals surface area contributed by atoms with Gasteiger partial charge in [-0.05, 0) is 35.8 Å². The standard InChI is InChI=1S/C12H17BrN4O/c1-12(2)11(18)16(3)4-5-17(12)10-9(13)6-8(14)7-15-10/h6-7H,4-5,14H2,1-3H3. The smallest absolute Gasteiger partial charge is 0.247 e. The maximum atomic E-state index is 12.2. The van der Waals surface area contributed by atoms with Gasteiger partial charge in [0.1, 0.15) is 11.4 Å². The van der Waals surface area contributed by atoms with Crippen molar-refractivity contribution in [3.05, 3.63) is 16.7 Å². The maximum absolute atomic E-state index is 12.2. The molecule has 0 aromatic carbocycles. The zero-order valence-corrected chi connectivity index (χ0v) is 12.4. The summed E-state index contributed by atoms with van der Waals surface area (Å²) >= 11 is 3.46. The molecule has 98 valence electrons. The van der Waals surface area contributed by atoms with Crippen molar-refractivity contribution in [2.24, 2.45) is 0 Å². The van der Waals surface area contributed by atoms with Crippen molar-refractivity contribution in [2.75, 3.05) is 30.8 Å². The van der Waals surface area contributed by atoms with Crippen LogP contribution >= 0.6 is 15.9 Å². The minimum absolute atomic E-state index is 0.0966. The number of hydrogen-bond donors (Lipinski definition) is 1. The lowest BCUT2D eigenvalue weighted by Gasteiger charge is -2.45. The van der Waals surface area contributed by atoms with E-state index in [1.807, 2.05) is 25.8 Å². The fourth-order valence-corrected chi connectivity index (χ4v) is 2.81. The van der Waals surface area contributed by atoms with E-state index in [0.717, 1.165) is 16.8 Å². The number of carbonyl (C=O) groups is 1. The van der Waals surface area contributed by atoms with Crippen LogP contribution in [0.25, 0.3) is 0 Å². The number of nitrogens with two attached hydrogens (primary N) is 1. The van der Waals surface area contributed by atoms with Crippen molar-refractivity contribution in [3.8, 4) is 0 Å². The fourth-order valence-electron chi connectivity index (χ4n) is 2.23. The first-order valence-electron chi connectivity index (χ1n) is 5.78. The quantitative estimate of drug-likeness (QED) is 0.853. The molecule has 0 saturated carbocycles. The Morgan fingerprint density at radius 1 is 1.44 bits per heavy atom. The first-order valence-corrected chi connectivity index (χ1v) is 6.57. The molecular weight excluding hydrogens is 296 g/mol. The zero-order valence-electron chi connectivity index (χ0n) is 10.8. The number of piperazine rings is 1. The number of hydrogen-bond acceptors (Lipinski definition) is 4. The lowest BCUT2D eigenvalue weighted by Crippen LogP contribution is -2.62. The van der Waals surface area contributed by atoms with Gasteiger partial charge in [-0.3, -0.25) is 4.79 Å². The Balaban J connectivity index is 2.41. The summed E-state index contributed by atoms with van der Waals surface area (Å²) in [5.74, 6) is 0.856. The van der Waals surface area contributed by atoms with Gasteiger partial charge in [0.05, 0.1) is 16.4 Å². The molecule has 0 radical (unpaired) electrons. The Labute approximate surface area is 115 Å². The fraction of sp³-hybridized carbons (Fsp3) is 0.500. The minimum atomic E-state index is -0.599. The number of halogens is 1. The predicted octanol–water partition coefficient (Wildman–Crippen LogP) is 1.48. The molecule has 1 aliphatic heterocycles. The molecule has 5 nitrogen and oxygen atoms in total. The van der Waals surface area contributed by atoms with Crippen molar-refractivity contribution in [1.82, 2.24) is 9.88 Å². The number of aromatic nitrogens is 1. The van der Waals surface area contributed by atoms with E-state index in [2.05, 4.69) is 20.9 Å². The number of likely N-dealkylation sites (N-methyl/N-ethyl adjacent to an activating group) is 1. The van der Waals surface area contributed by atoms with Gasteiger partial charge in [-0.15, -0.1) is 0 Å². The van der Waals surface area contributed by atoms with E-state index in [9.17, 15) is 4.79 Å². The SMILES string of the molecule is CN1CCN(c2ncc(N)cc2Br)C(C)(C)C1=O. The molecule has 1 aromatic rings. The van der Waals surface area contributed by atoms with Gasteiger partial charge in [0.25, 0.3) is 0 Å². The number of nitrogens with zero attached hydrogens (tertiary/aromatic N) is 3. The summed E-state index contributed by atoms with van der Waals surface area (Å²) in [6.07, 6.45) is 1.61. The van der Waals surface area contributed by atoms with Gasteiger partial charge < -0.3 is 15.5 Å². The molecule has 2 heterocycles. The van der Waals surface area contributed by atoms with Gasteiger partial charge in [0.15, 0.2) is 0 Å². The highest BCUT2D eigenvalue weighted by Gasteiger charge is 2.41. The third-order valence-corrected chi connectivity index (χ3v) is 3.89. The third kappa shape index (κ3) is 2.05. The van der Waals surface area contributed by atoms with Gasteiger partial charge >= 0.3 is 0 Å². The van der Waals surface area contributed by atoms with E-state index in [-0.39, 0.29) is 5.91 Å². The number of amides is 1. The summed E-state index contributed by atoms with van der Waals surface area (Å²) in [4.78, 5) is 20.3. The zero-order chi connectivity index (χ0) is 13.5. The molecule has 6 heteroatoms. The molecule has 0 aliphatic carbocycles. The summed E-state index contributed by atoms with van der Waals surface area (Å²) in [5, 5.41) is 0. The van der Waals surface area contributed by atoms with Crippen LogP contribution in [-0.4, -0.2) is 41.5 Å². The summed E-state index contributed by atoms with van der Waals surface area (Å²) in [6, 6.07) is 1.81. The van der Waals surface area contributed by atoms with E-state index in [0.29, 0.717) is 12.2 Å². The number of pyridine rings is 1. The molecule has 0 bridgehead atoms. The van der Waals surface area contributed by atoms with Crippen molar-refractivity contribution in [1.29, 1.82) is 0 Å². The maximum Gasteiger partial charge on any atom is 0.247 e. The van der Waals surface area contributed by atoms with Gasteiger partial charge in [0.2, 0.25) is 5.91 Å². The van der Waals surface area contributed by atoms with Crippen LogP contribution in [0.1, 0.15) is 13.8 Å². The normalized spacial score (nSPS) is 19.2. The summed E-state index contributed by atoms with van der Waals surface area (Å²) in [5.41, 5.74) is 5.69. The summed E-state index contributed by atoms with van der Waals surface area (Å²) in [6.45, 7) is 5.27. The van der Waals surface area contributed by atoms with Crippen molar-refractivity contribution < 1.29 is 4.79 Å². The van der Waals surface area contributed by atoms with Crippen LogP contribution < -0.4 is 10.6 Å². The molecule has 1 saturated heterocycles. The van der Waals surface area contributed by atoms with Gasteiger partial charge in [-0.1, -0.05) is 0 Å². The second kappa shape index (κ2) is 4.42. The number of carbonyl (C=O) groups excluding carboxylic acids is 1. The van der Waals surface area contributed by atoms with Crippen LogP contribution in [0, 0.1) is 0 Å². The molecule has 0 spiro atoms. The van der Waals surface area contributed by atoms with Crippen LogP contribution in [0.2, 0.25) is 0 Å². The van der Waals surface area contributed by atoms with E-state index in [1.54, 1.807) is 17.2 Å². The Kier molecular flexibility index (Phi) is 3.23. The van der Waals surface area contributed by atoms with Crippen molar-refractivity contribution >= 4 is 33.3 Å². The molecule has 1 aromatic heterocycles. The minimum Gasteiger partial charge on any atom is -0.397 e.